The largest absolute Gasteiger partial charge is 0.508 e. The van der Waals surface area contributed by atoms with Crippen LogP contribution in [0.4, 0.5) is 5.69 Å². The lowest BCUT2D eigenvalue weighted by Gasteiger charge is -2.09. The van der Waals surface area contributed by atoms with E-state index in [0.717, 1.165) is 5.56 Å². The van der Waals surface area contributed by atoms with Crippen molar-refractivity contribution in [3.05, 3.63) is 64.6 Å². The van der Waals surface area contributed by atoms with E-state index in [-0.39, 0.29) is 17.8 Å². The molecule has 1 amide bonds. The number of hydrogen-bond donors (Lipinski definition) is 1. The minimum atomic E-state index is -0.409. The fourth-order valence-corrected chi connectivity index (χ4v) is 3.46. The number of thioether (sulfide) groups is 1. The molecule has 1 fully saturated rings. The number of nitrogens with zero attached hydrogens (tertiary/aromatic N) is 2. The number of carbonyl (C=O) groups excluding carboxylic acids is 2. The van der Waals surface area contributed by atoms with Crippen LogP contribution in [0.5, 0.6) is 5.75 Å². The van der Waals surface area contributed by atoms with Gasteiger partial charge in [-0.05, 0) is 67.6 Å². The molecule has 0 unspecified atom stereocenters. The molecule has 3 rings (SSSR count). The van der Waals surface area contributed by atoms with Crippen molar-refractivity contribution in [1.82, 2.24) is 4.90 Å². The number of amidine groups is 1. The Kier molecular flexibility index (Phi) is 5.84. The van der Waals surface area contributed by atoms with Gasteiger partial charge in [-0.15, -0.1) is 0 Å². The van der Waals surface area contributed by atoms with Crippen molar-refractivity contribution in [2.45, 2.75) is 20.0 Å². The SMILES string of the molecule is CC(C)OC(=O)c1cccc(N=C2S/C(=C/c3ccc(O)cc3)C(=O)N2C)c1. The minimum Gasteiger partial charge on any atom is -0.508 e. The van der Waals surface area contributed by atoms with E-state index in [1.807, 2.05) is 0 Å². The first-order chi connectivity index (χ1) is 13.3. The molecule has 2 aromatic rings. The summed E-state index contributed by atoms with van der Waals surface area (Å²) in [5.74, 6) is -0.400. The number of carbonyl (C=O) groups is 2. The van der Waals surface area contributed by atoms with Gasteiger partial charge in [-0.2, -0.15) is 0 Å². The van der Waals surface area contributed by atoms with Gasteiger partial charge in [0, 0.05) is 7.05 Å². The van der Waals surface area contributed by atoms with Gasteiger partial charge in [0.05, 0.1) is 22.3 Å². The molecule has 1 saturated heterocycles. The second kappa shape index (κ2) is 8.31. The summed E-state index contributed by atoms with van der Waals surface area (Å²) in [6.07, 6.45) is 1.55. The fraction of sp³-hybridized carbons (Fsp3) is 0.190. The van der Waals surface area contributed by atoms with E-state index >= 15 is 0 Å². The first kappa shape index (κ1) is 19.7. The summed E-state index contributed by atoms with van der Waals surface area (Å²) < 4.78 is 5.21. The van der Waals surface area contributed by atoms with Crippen molar-refractivity contribution in [2.24, 2.45) is 4.99 Å². The topological polar surface area (TPSA) is 79.2 Å². The molecule has 0 saturated carbocycles. The van der Waals surface area contributed by atoms with E-state index in [0.29, 0.717) is 21.3 Å². The van der Waals surface area contributed by atoms with Crippen LogP contribution >= 0.6 is 11.8 Å². The maximum atomic E-state index is 12.5. The molecule has 0 radical (unpaired) electrons. The normalized spacial score (nSPS) is 17.0. The summed E-state index contributed by atoms with van der Waals surface area (Å²) in [5.41, 5.74) is 1.78. The van der Waals surface area contributed by atoms with Crippen molar-refractivity contribution in [3.8, 4) is 5.75 Å². The second-order valence-corrected chi connectivity index (χ2v) is 7.47. The van der Waals surface area contributed by atoms with E-state index < -0.39 is 5.97 Å². The third-order valence-corrected chi connectivity index (χ3v) is 4.90. The zero-order chi connectivity index (χ0) is 20.3. The third-order valence-electron chi connectivity index (χ3n) is 3.84. The highest BCUT2D eigenvalue weighted by molar-refractivity contribution is 8.18. The summed E-state index contributed by atoms with van der Waals surface area (Å²) in [6.45, 7) is 3.58. The third kappa shape index (κ3) is 4.61. The van der Waals surface area contributed by atoms with Crippen LogP contribution in [-0.2, 0) is 9.53 Å². The standard InChI is InChI=1S/C21H20N2O4S/c1-13(2)27-20(26)15-5-4-6-16(12-15)22-21-23(3)19(25)18(28-21)11-14-7-9-17(24)10-8-14/h4-13,24H,1-3H3/b18-11+,22-21?. The number of ether oxygens (including phenoxy) is 1. The maximum absolute atomic E-state index is 12.5. The Hall–Kier alpha value is -3.06. The number of esters is 1. The minimum absolute atomic E-state index is 0.160. The first-order valence-corrected chi connectivity index (χ1v) is 9.51. The Morgan fingerprint density at radius 1 is 1.21 bits per heavy atom. The lowest BCUT2D eigenvalue weighted by atomic mass is 10.2. The highest BCUT2D eigenvalue weighted by Crippen LogP contribution is 2.33. The Morgan fingerprint density at radius 3 is 2.61 bits per heavy atom. The second-order valence-electron chi connectivity index (χ2n) is 6.47. The van der Waals surface area contributed by atoms with Gasteiger partial charge in [-0.1, -0.05) is 18.2 Å². The summed E-state index contributed by atoms with van der Waals surface area (Å²) in [6, 6.07) is 13.4. The van der Waals surface area contributed by atoms with E-state index in [4.69, 9.17) is 4.74 Å². The van der Waals surface area contributed by atoms with E-state index in [2.05, 4.69) is 4.99 Å². The molecule has 2 aromatic carbocycles. The predicted octanol–water partition coefficient (Wildman–Crippen LogP) is 4.19. The lowest BCUT2D eigenvalue weighted by Crippen LogP contribution is -2.23. The number of likely N-dealkylation sites (N-methyl/N-ethyl adjacent to an activating group) is 1. The van der Waals surface area contributed by atoms with Gasteiger partial charge in [0.1, 0.15) is 5.75 Å². The molecule has 144 valence electrons. The fourth-order valence-electron chi connectivity index (χ4n) is 2.47. The molecule has 0 aromatic heterocycles. The Bertz CT molecular complexity index is 965. The van der Waals surface area contributed by atoms with Crippen molar-refractivity contribution in [3.63, 3.8) is 0 Å². The molecule has 1 N–H and O–H groups in total. The zero-order valence-corrected chi connectivity index (χ0v) is 16.6. The van der Waals surface area contributed by atoms with Crippen LogP contribution in [0.1, 0.15) is 29.8 Å². The van der Waals surface area contributed by atoms with Crippen LogP contribution in [0, 0.1) is 0 Å². The molecule has 0 atom stereocenters. The summed E-state index contributed by atoms with van der Waals surface area (Å²) in [5, 5.41) is 9.89. The van der Waals surface area contributed by atoms with E-state index in [1.54, 1.807) is 75.5 Å². The Balaban J connectivity index is 1.84. The number of phenols is 1. The molecule has 0 spiro atoms. The molecule has 1 aliphatic rings. The molecule has 7 heteroatoms. The van der Waals surface area contributed by atoms with Crippen LogP contribution in [0.25, 0.3) is 6.08 Å². The van der Waals surface area contributed by atoms with Crippen molar-refractivity contribution >= 4 is 40.6 Å². The molecule has 28 heavy (non-hydrogen) atoms. The van der Waals surface area contributed by atoms with Gasteiger partial charge in [0.25, 0.3) is 5.91 Å². The maximum Gasteiger partial charge on any atom is 0.338 e. The van der Waals surface area contributed by atoms with Crippen LogP contribution in [-0.4, -0.2) is 40.2 Å². The highest BCUT2D eigenvalue weighted by atomic mass is 32.2. The number of amides is 1. The molecule has 1 heterocycles. The van der Waals surface area contributed by atoms with Gasteiger partial charge < -0.3 is 9.84 Å². The van der Waals surface area contributed by atoms with Crippen molar-refractivity contribution in [2.75, 3.05) is 7.05 Å². The highest BCUT2D eigenvalue weighted by Gasteiger charge is 2.30. The van der Waals surface area contributed by atoms with Crippen LogP contribution in [0.3, 0.4) is 0 Å². The average Bonchev–Trinajstić information content (AvgIpc) is 2.91. The summed E-state index contributed by atoms with van der Waals surface area (Å²) in [7, 11) is 1.66. The first-order valence-electron chi connectivity index (χ1n) is 8.70. The molecular weight excluding hydrogens is 376 g/mol. The van der Waals surface area contributed by atoms with E-state index in [9.17, 15) is 14.7 Å². The number of benzene rings is 2. The number of rotatable bonds is 4. The number of aromatic hydroxyl groups is 1. The molecule has 0 bridgehead atoms. The van der Waals surface area contributed by atoms with Gasteiger partial charge in [-0.25, -0.2) is 9.79 Å². The zero-order valence-electron chi connectivity index (χ0n) is 15.7. The smallest absolute Gasteiger partial charge is 0.338 e. The van der Waals surface area contributed by atoms with Crippen LogP contribution in [0.2, 0.25) is 0 Å². The van der Waals surface area contributed by atoms with E-state index in [1.165, 1.54) is 16.7 Å². The number of phenolic OH excluding ortho intramolecular Hbond substituents is 1. The predicted molar refractivity (Wildman–Crippen MR) is 111 cm³/mol. The molecular formula is C21H20N2O4S. The van der Waals surface area contributed by atoms with Gasteiger partial charge in [0.15, 0.2) is 5.17 Å². The summed E-state index contributed by atoms with van der Waals surface area (Å²) in [4.78, 5) is 31.1. The average molecular weight is 396 g/mol. The number of hydrogen-bond acceptors (Lipinski definition) is 6. The van der Waals surface area contributed by atoms with Gasteiger partial charge in [-0.3, -0.25) is 9.69 Å². The van der Waals surface area contributed by atoms with Crippen LogP contribution in [0.15, 0.2) is 58.4 Å². The molecule has 1 aliphatic heterocycles. The van der Waals surface area contributed by atoms with Crippen LogP contribution < -0.4 is 0 Å². The van der Waals surface area contributed by atoms with Crippen molar-refractivity contribution in [1.29, 1.82) is 0 Å². The van der Waals surface area contributed by atoms with Crippen molar-refractivity contribution < 1.29 is 19.4 Å². The lowest BCUT2D eigenvalue weighted by molar-refractivity contribution is -0.121. The Morgan fingerprint density at radius 2 is 1.93 bits per heavy atom. The number of aliphatic imine (C=N–C) groups is 1. The summed E-state index contributed by atoms with van der Waals surface area (Å²) >= 11 is 1.25. The van der Waals surface area contributed by atoms with Gasteiger partial charge in [0.2, 0.25) is 0 Å². The molecule has 0 aliphatic carbocycles. The Labute approximate surface area is 167 Å². The molecule has 6 nitrogen and oxygen atoms in total. The monoisotopic (exact) mass is 396 g/mol. The quantitative estimate of drug-likeness (QED) is 0.619. The van der Waals surface area contributed by atoms with Gasteiger partial charge >= 0.3 is 5.97 Å².